The maximum Gasteiger partial charge on any atom is 0.0562 e. The van der Waals surface area contributed by atoms with Gasteiger partial charge in [0.1, 0.15) is 0 Å². The molecule has 1 atom stereocenters. The maximum atomic E-state index is 6.21. The molecule has 1 nitrogen and oxygen atoms in total. The zero-order chi connectivity index (χ0) is 8.98. The number of rotatable bonds is 1. The van der Waals surface area contributed by atoms with Gasteiger partial charge < -0.3 is 5.73 Å². The number of hydrogen-bond acceptors (Lipinski definition) is 2. The van der Waals surface area contributed by atoms with Crippen molar-refractivity contribution in [2.45, 2.75) is 25.8 Å². The van der Waals surface area contributed by atoms with Gasteiger partial charge >= 0.3 is 0 Å². The van der Waals surface area contributed by atoms with Gasteiger partial charge in [-0.05, 0) is 17.9 Å². The van der Waals surface area contributed by atoms with Crippen LogP contribution in [0.1, 0.15) is 25.1 Å². The van der Waals surface area contributed by atoms with Gasteiger partial charge in [-0.25, -0.2) is 0 Å². The molecular formula is C9H12ClNS. The van der Waals surface area contributed by atoms with Gasteiger partial charge in [0.2, 0.25) is 0 Å². The van der Waals surface area contributed by atoms with Crippen LogP contribution in [0.3, 0.4) is 0 Å². The Morgan fingerprint density at radius 2 is 2.17 bits per heavy atom. The minimum atomic E-state index is -0.106. The van der Waals surface area contributed by atoms with E-state index in [0.717, 1.165) is 11.4 Å². The van der Waals surface area contributed by atoms with Crippen molar-refractivity contribution in [1.29, 1.82) is 0 Å². The molecule has 3 heteroatoms. The van der Waals surface area contributed by atoms with Crippen molar-refractivity contribution >= 4 is 22.9 Å². The molecule has 1 aliphatic carbocycles. The van der Waals surface area contributed by atoms with Crippen molar-refractivity contribution in [3.05, 3.63) is 21.3 Å². The molecule has 1 aliphatic rings. The predicted octanol–water partition coefficient (Wildman–Crippen LogP) is 2.99. The van der Waals surface area contributed by atoms with Crippen molar-refractivity contribution in [2.75, 3.05) is 0 Å². The molecule has 1 saturated carbocycles. The summed E-state index contributed by atoms with van der Waals surface area (Å²) < 4.78 is 0. The lowest BCUT2D eigenvalue weighted by atomic mass is 10.0. The van der Waals surface area contributed by atoms with E-state index in [9.17, 15) is 0 Å². The van der Waals surface area contributed by atoms with Crippen molar-refractivity contribution in [3.63, 3.8) is 0 Å². The fraction of sp³-hybridized carbons (Fsp3) is 0.556. The van der Waals surface area contributed by atoms with E-state index >= 15 is 0 Å². The SMILES string of the molecule is CC1(C)CC1(N)c1cc(Cl)cs1. The molecule has 66 valence electrons. The summed E-state index contributed by atoms with van der Waals surface area (Å²) in [6.45, 7) is 4.39. The van der Waals surface area contributed by atoms with Gasteiger partial charge in [0, 0.05) is 10.3 Å². The summed E-state index contributed by atoms with van der Waals surface area (Å²) in [6.07, 6.45) is 1.07. The standard InChI is InChI=1S/C9H12ClNS/c1-8(2)5-9(8,11)7-3-6(10)4-12-7/h3-4H,5,11H2,1-2H3. The first-order valence-electron chi connectivity index (χ1n) is 3.99. The zero-order valence-electron chi connectivity index (χ0n) is 7.23. The molecule has 0 spiro atoms. The summed E-state index contributed by atoms with van der Waals surface area (Å²) in [5, 5.41) is 2.75. The van der Waals surface area contributed by atoms with Gasteiger partial charge in [0.05, 0.1) is 10.6 Å². The molecule has 1 fully saturated rings. The van der Waals surface area contributed by atoms with Gasteiger partial charge in [-0.1, -0.05) is 25.4 Å². The molecule has 1 unspecified atom stereocenters. The second kappa shape index (κ2) is 2.25. The van der Waals surface area contributed by atoms with Gasteiger partial charge in [-0.15, -0.1) is 11.3 Å². The molecule has 0 amide bonds. The van der Waals surface area contributed by atoms with E-state index in [4.69, 9.17) is 17.3 Å². The highest BCUT2D eigenvalue weighted by molar-refractivity contribution is 7.10. The monoisotopic (exact) mass is 201 g/mol. The quantitative estimate of drug-likeness (QED) is 0.743. The number of halogens is 1. The first kappa shape index (κ1) is 8.54. The van der Waals surface area contributed by atoms with Crippen molar-refractivity contribution in [3.8, 4) is 0 Å². The third kappa shape index (κ3) is 1.02. The van der Waals surface area contributed by atoms with Crippen LogP contribution in [-0.2, 0) is 5.54 Å². The van der Waals surface area contributed by atoms with Crippen LogP contribution in [0.4, 0.5) is 0 Å². The number of thiophene rings is 1. The highest BCUT2D eigenvalue weighted by Gasteiger charge is 2.60. The Hall–Kier alpha value is -0.0500. The van der Waals surface area contributed by atoms with Crippen LogP contribution < -0.4 is 5.73 Å². The van der Waals surface area contributed by atoms with Crippen LogP contribution in [0.5, 0.6) is 0 Å². The molecule has 1 heterocycles. The molecule has 1 aromatic rings. The van der Waals surface area contributed by atoms with Crippen LogP contribution in [0, 0.1) is 5.41 Å². The van der Waals surface area contributed by atoms with E-state index in [0.29, 0.717) is 0 Å². The highest BCUT2D eigenvalue weighted by Crippen LogP contribution is 2.61. The van der Waals surface area contributed by atoms with Crippen LogP contribution in [0.15, 0.2) is 11.4 Å². The lowest BCUT2D eigenvalue weighted by molar-refractivity contribution is 0.516. The Bertz CT molecular complexity index is 318. The smallest absolute Gasteiger partial charge is 0.0562 e. The first-order valence-corrected chi connectivity index (χ1v) is 5.25. The molecule has 0 radical (unpaired) electrons. The van der Waals surface area contributed by atoms with Crippen molar-refractivity contribution in [2.24, 2.45) is 11.1 Å². The number of hydrogen-bond donors (Lipinski definition) is 1. The molecule has 2 N–H and O–H groups in total. The summed E-state index contributed by atoms with van der Waals surface area (Å²) in [4.78, 5) is 1.22. The number of nitrogens with two attached hydrogens (primary N) is 1. The Kier molecular flexibility index (Phi) is 1.60. The van der Waals surface area contributed by atoms with Crippen LogP contribution in [0.2, 0.25) is 5.02 Å². The lowest BCUT2D eigenvalue weighted by Crippen LogP contribution is -2.23. The Morgan fingerprint density at radius 3 is 2.50 bits per heavy atom. The van der Waals surface area contributed by atoms with Crippen molar-refractivity contribution < 1.29 is 0 Å². The van der Waals surface area contributed by atoms with E-state index in [1.807, 2.05) is 11.4 Å². The molecule has 0 aromatic carbocycles. The molecule has 0 aliphatic heterocycles. The minimum absolute atomic E-state index is 0.106. The van der Waals surface area contributed by atoms with E-state index in [1.54, 1.807) is 11.3 Å². The summed E-state index contributed by atoms with van der Waals surface area (Å²) in [5.41, 5.74) is 6.36. The largest absolute Gasteiger partial charge is 0.320 e. The van der Waals surface area contributed by atoms with E-state index in [2.05, 4.69) is 13.8 Å². The maximum absolute atomic E-state index is 6.21. The normalized spacial score (nSPS) is 32.0. The Labute approximate surface area is 81.5 Å². The fourth-order valence-electron chi connectivity index (χ4n) is 1.62. The molecule has 1 aromatic heterocycles. The zero-order valence-corrected chi connectivity index (χ0v) is 8.80. The highest BCUT2D eigenvalue weighted by atomic mass is 35.5. The Balaban J connectivity index is 2.34. The molecule has 0 saturated heterocycles. The second-order valence-electron chi connectivity index (χ2n) is 4.16. The average molecular weight is 202 g/mol. The first-order chi connectivity index (χ1) is 5.46. The summed E-state index contributed by atoms with van der Waals surface area (Å²) in [7, 11) is 0. The van der Waals surface area contributed by atoms with Crippen molar-refractivity contribution in [1.82, 2.24) is 0 Å². The fourth-order valence-corrected chi connectivity index (χ4v) is 2.99. The second-order valence-corrected chi connectivity index (χ2v) is 5.51. The van der Waals surface area contributed by atoms with Crippen LogP contribution >= 0.6 is 22.9 Å². The van der Waals surface area contributed by atoms with Gasteiger partial charge in [0.25, 0.3) is 0 Å². The van der Waals surface area contributed by atoms with Crippen LogP contribution in [0.25, 0.3) is 0 Å². The van der Waals surface area contributed by atoms with Gasteiger partial charge in [-0.2, -0.15) is 0 Å². The topological polar surface area (TPSA) is 26.0 Å². The average Bonchev–Trinajstić information content (AvgIpc) is 2.37. The van der Waals surface area contributed by atoms with Crippen LogP contribution in [-0.4, -0.2) is 0 Å². The van der Waals surface area contributed by atoms with Gasteiger partial charge in [0.15, 0.2) is 0 Å². The molecule has 2 rings (SSSR count). The lowest BCUT2D eigenvalue weighted by Gasteiger charge is -2.11. The van der Waals surface area contributed by atoms with Gasteiger partial charge in [-0.3, -0.25) is 0 Å². The third-order valence-electron chi connectivity index (χ3n) is 2.81. The van der Waals surface area contributed by atoms with E-state index in [1.165, 1.54) is 4.88 Å². The minimum Gasteiger partial charge on any atom is -0.320 e. The summed E-state index contributed by atoms with van der Waals surface area (Å²) in [6, 6.07) is 1.99. The molecule has 12 heavy (non-hydrogen) atoms. The van der Waals surface area contributed by atoms with E-state index < -0.39 is 0 Å². The summed E-state index contributed by atoms with van der Waals surface area (Å²) in [5.74, 6) is 0. The summed E-state index contributed by atoms with van der Waals surface area (Å²) >= 11 is 7.51. The van der Waals surface area contributed by atoms with E-state index in [-0.39, 0.29) is 11.0 Å². The Morgan fingerprint density at radius 1 is 1.58 bits per heavy atom. The predicted molar refractivity (Wildman–Crippen MR) is 53.6 cm³/mol. The third-order valence-corrected chi connectivity index (χ3v) is 4.27. The molecule has 0 bridgehead atoms. The molecular weight excluding hydrogens is 190 g/mol.